The van der Waals surface area contributed by atoms with Gasteiger partial charge in [-0.3, -0.25) is 4.68 Å². The van der Waals surface area contributed by atoms with Gasteiger partial charge in [-0.05, 0) is 49.8 Å². The molecule has 1 aromatic rings. The lowest BCUT2D eigenvalue weighted by atomic mass is 10.2. The van der Waals surface area contributed by atoms with Crippen molar-refractivity contribution < 1.29 is 0 Å². The van der Waals surface area contributed by atoms with Crippen LogP contribution in [0.2, 0.25) is 0 Å². The van der Waals surface area contributed by atoms with Crippen LogP contribution in [0, 0.1) is 6.92 Å². The van der Waals surface area contributed by atoms with Gasteiger partial charge in [0.2, 0.25) is 0 Å². The maximum Gasteiger partial charge on any atom is 0.0739 e. The summed E-state index contributed by atoms with van der Waals surface area (Å²) in [5.41, 5.74) is 2.31. The molecule has 0 aliphatic rings. The largest absolute Gasteiger partial charge is 0.307 e. The van der Waals surface area contributed by atoms with Crippen LogP contribution >= 0.6 is 15.9 Å². The molecule has 1 rings (SSSR count). The Kier molecular flexibility index (Phi) is 7.04. The van der Waals surface area contributed by atoms with Crippen molar-refractivity contribution in [1.82, 2.24) is 20.0 Å². The molecule has 1 heterocycles. The van der Waals surface area contributed by atoms with E-state index in [-0.39, 0.29) is 0 Å². The van der Waals surface area contributed by atoms with Crippen molar-refractivity contribution >= 4 is 15.9 Å². The number of rotatable bonds is 8. The van der Waals surface area contributed by atoms with Crippen molar-refractivity contribution in [3.8, 4) is 0 Å². The van der Waals surface area contributed by atoms with Gasteiger partial charge < -0.3 is 10.2 Å². The Morgan fingerprint density at radius 2 is 1.95 bits per heavy atom. The van der Waals surface area contributed by atoms with Crippen LogP contribution in [0.3, 0.4) is 0 Å². The third kappa shape index (κ3) is 4.58. The highest BCUT2D eigenvalue weighted by Gasteiger charge is 2.13. The minimum atomic E-state index is 0.479. The second-order valence-electron chi connectivity index (χ2n) is 4.93. The molecule has 0 bridgehead atoms. The first kappa shape index (κ1) is 16.7. The lowest BCUT2D eigenvalue weighted by Gasteiger charge is -2.23. The fourth-order valence-electron chi connectivity index (χ4n) is 2.24. The van der Waals surface area contributed by atoms with Crippen LogP contribution in [0.25, 0.3) is 0 Å². The van der Waals surface area contributed by atoms with Gasteiger partial charge in [-0.15, -0.1) is 0 Å². The lowest BCUT2D eigenvalue weighted by Crippen LogP contribution is -2.39. The second-order valence-corrected chi connectivity index (χ2v) is 5.72. The van der Waals surface area contributed by atoms with Crippen LogP contribution in [0.5, 0.6) is 0 Å². The average molecular weight is 331 g/mol. The molecule has 0 aliphatic heterocycles. The van der Waals surface area contributed by atoms with Gasteiger partial charge in [0.05, 0.1) is 15.9 Å². The highest BCUT2D eigenvalue weighted by Crippen LogP contribution is 2.20. The van der Waals surface area contributed by atoms with Crippen LogP contribution in [-0.2, 0) is 13.1 Å². The summed E-state index contributed by atoms with van der Waals surface area (Å²) < 4.78 is 3.20. The van der Waals surface area contributed by atoms with Crippen molar-refractivity contribution in [2.45, 2.75) is 53.8 Å². The summed E-state index contributed by atoms with van der Waals surface area (Å²) in [5, 5.41) is 8.11. The van der Waals surface area contributed by atoms with Crippen LogP contribution < -0.4 is 5.32 Å². The molecule has 0 saturated carbocycles. The molecule has 1 unspecified atom stereocenters. The van der Waals surface area contributed by atoms with Crippen molar-refractivity contribution in [3.63, 3.8) is 0 Å². The Balaban J connectivity index is 2.56. The van der Waals surface area contributed by atoms with Crippen molar-refractivity contribution in [1.29, 1.82) is 0 Å². The fraction of sp³-hybridized carbons (Fsp3) is 0.786. The maximum atomic E-state index is 4.52. The molecule has 110 valence electrons. The lowest BCUT2D eigenvalue weighted by molar-refractivity contribution is 0.270. The van der Waals surface area contributed by atoms with Gasteiger partial charge in [-0.25, -0.2) is 0 Å². The van der Waals surface area contributed by atoms with Crippen molar-refractivity contribution in [2.75, 3.05) is 19.6 Å². The summed E-state index contributed by atoms with van der Waals surface area (Å²) in [4.78, 5) is 2.44. The number of nitrogens with one attached hydrogen (secondary N) is 1. The molecule has 1 N–H and O–H groups in total. The van der Waals surface area contributed by atoms with E-state index < -0.39 is 0 Å². The molecule has 0 amide bonds. The summed E-state index contributed by atoms with van der Waals surface area (Å²) in [6, 6.07) is 0.479. The molecule has 0 spiro atoms. The Morgan fingerprint density at radius 3 is 2.47 bits per heavy atom. The van der Waals surface area contributed by atoms with E-state index in [2.05, 4.69) is 63.6 Å². The first-order valence-corrected chi connectivity index (χ1v) is 8.00. The molecule has 5 heteroatoms. The zero-order chi connectivity index (χ0) is 14.4. The topological polar surface area (TPSA) is 33.1 Å². The SMILES string of the molecule is CCN(CC)CC(C)NCc1c(Br)c(C)nn1CC. The Morgan fingerprint density at radius 1 is 1.32 bits per heavy atom. The molecule has 1 aromatic heterocycles. The van der Waals surface area contributed by atoms with E-state index in [1.165, 1.54) is 5.69 Å². The third-order valence-electron chi connectivity index (χ3n) is 3.50. The normalized spacial score (nSPS) is 13.2. The predicted octanol–water partition coefficient (Wildman–Crippen LogP) is 2.79. The van der Waals surface area contributed by atoms with Crippen LogP contribution in [0.15, 0.2) is 4.47 Å². The van der Waals surface area contributed by atoms with Crippen LogP contribution in [0.4, 0.5) is 0 Å². The Labute approximate surface area is 125 Å². The number of hydrogen-bond acceptors (Lipinski definition) is 3. The molecule has 0 aromatic carbocycles. The molecular formula is C14H27BrN4. The summed E-state index contributed by atoms with van der Waals surface area (Å²) >= 11 is 3.64. The summed E-state index contributed by atoms with van der Waals surface area (Å²) in [6.07, 6.45) is 0. The molecule has 0 saturated heterocycles. The molecule has 0 fully saturated rings. The van der Waals surface area contributed by atoms with E-state index in [9.17, 15) is 0 Å². The summed E-state index contributed by atoms with van der Waals surface area (Å²) in [7, 11) is 0. The number of aromatic nitrogens is 2. The second kappa shape index (κ2) is 8.02. The standard InChI is InChI=1S/C14H27BrN4/c1-6-18(7-2)10-11(4)16-9-13-14(15)12(5)17-19(13)8-3/h11,16H,6-10H2,1-5H3. The van der Waals surface area contributed by atoms with E-state index in [0.717, 1.165) is 42.9 Å². The van der Waals surface area contributed by atoms with Crippen molar-refractivity contribution in [2.24, 2.45) is 0 Å². The monoisotopic (exact) mass is 330 g/mol. The maximum absolute atomic E-state index is 4.52. The van der Waals surface area contributed by atoms with Gasteiger partial charge in [0.25, 0.3) is 0 Å². The minimum Gasteiger partial charge on any atom is -0.307 e. The number of aryl methyl sites for hydroxylation is 2. The van der Waals surface area contributed by atoms with E-state index in [0.29, 0.717) is 6.04 Å². The molecule has 1 atom stereocenters. The number of nitrogens with zero attached hydrogens (tertiary/aromatic N) is 3. The van der Waals surface area contributed by atoms with Gasteiger partial charge in [0.15, 0.2) is 0 Å². The number of halogens is 1. The highest BCUT2D eigenvalue weighted by molar-refractivity contribution is 9.10. The van der Waals surface area contributed by atoms with E-state index in [1.54, 1.807) is 0 Å². The smallest absolute Gasteiger partial charge is 0.0739 e. The van der Waals surface area contributed by atoms with Gasteiger partial charge in [-0.1, -0.05) is 13.8 Å². The molecule has 0 radical (unpaired) electrons. The fourth-order valence-corrected chi connectivity index (χ4v) is 2.67. The Bertz CT molecular complexity index is 385. The molecule has 0 aliphatic carbocycles. The van der Waals surface area contributed by atoms with Gasteiger partial charge in [-0.2, -0.15) is 5.10 Å². The summed E-state index contributed by atoms with van der Waals surface area (Å²) in [5.74, 6) is 0. The molecular weight excluding hydrogens is 304 g/mol. The molecule has 19 heavy (non-hydrogen) atoms. The number of hydrogen-bond donors (Lipinski definition) is 1. The van der Waals surface area contributed by atoms with Crippen molar-refractivity contribution in [3.05, 3.63) is 15.9 Å². The molecule has 4 nitrogen and oxygen atoms in total. The minimum absolute atomic E-state index is 0.479. The zero-order valence-electron chi connectivity index (χ0n) is 12.8. The van der Waals surface area contributed by atoms with Crippen LogP contribution in [0.1, 0.15) is 39.1 Å². The summed E-state index contributed by atoms with van der Waals surface area (Å²) in [6.45, 7) is 15.9. The van der Waals surface area contributed by atoms with Gasteiger partial charge in [0, 0.05) is 25.7 Å². The Hall–Kier alpha value is -0.390. The number of likely N-dealkylation sites (N-methyl/N-ethyl adjacent to an activating group) is 1. The van der Waals surface area contributed by atoms with E-state index in [4.69, 9.17) is 0 Å². The zero-order valence-corrected chi connectivity index (χ0v) is 14.4. The highest BCUT2D eigenvalue weighted by atomic mass is 79.9. The first-order chi connectivity index (χ1) is 9.03. The van der Waals surface area contributed by atoms with Crippen LogP contribution in [-0.4, -0.2) is 40.4 Å². The first-order valence-electron chi connectivity index (χ1n) is 7.20. The third-order valence-corrected chi connectivity index (χ3v) is 4.53. The van der Waals surface area contributed by atoms with E-state index in [1.807, 2.05) is 6.92 Å². The quantitative estimate of drug-likeness (QED) is 0.795. The van der Waals surface area contributed by atoms with E-state index >= 15 is 0 Å². The van der Waals surface area contributed by atoms with Gasteiger partial charge in [0.1, 0.15) is 0 Å². The predicted molar refractivity (Wildman–Crippen MR) is 84.4 cm³/mol. The average Bonchev–Trinajstić information content (AvgIpc) is 2.69. The van der Waals surface area contributed by atoms with Gasteiger partial charge >= 0.3 is 0 Å².